The van der Waals surface area contributed by atoms with E-state index in [2.05, 4.69) is 47.3 Å². The van der Waals surface area contributed by atoms with Gasteiger partial charge >= 0.3 is 0 Å². The van der Waals surface area contributed by atoms with Gasteiger partial charge in [0.05, 0.1) is 0 Å². The first-order valence-electron chi connectivity index (χ1n) is 9.76. The van der Waals surface area contributed by atoms with Crippen LogP contribution in [0.5, 0.6) is 0 Å². The van der Waals surface area contributed by atoms with Gasteiger partial charge in [0.2, 0.25) is 0 Å². The van der Waals surface area contributed by atoms with Gasteiger partial charge in [0.15, 0.2) is 8.32 Å². The highest BCUT2D eigenvalue weighted by Gasteiger charge is 2.53. The summed E-state index contributed by atoms with van der Waals surface area (Å²) < 4.78 is 6.98. The molecule has 0 amide bonds. The predicted octanol–water partition coefficient (Wildman–Crippen LogP) is 6.42. The van der Waals surface area contributed by atoms with Crippen LogP contribution in [-0.2, 0) is 4.43 Å². The third-order valence-electron chi connectivity index (χ3n) is 7.48. The second-order valence-corrected chi connectivity index (χ2v) is 12.9. The summed E-state index contributed by atoms with van der Waals surface area (Å²) in [7, 11) is -1.48. The normalized spacial score (nSPS) is 36.9. The van der Waals surface area contributed by atoms with Crippen LogP contribution >= 0.6 is 0 Å². The monoisotopic (exact) mass is 322 g/mol. The minimum Gasteiger partial charge on any atom is -0.414 e. The number of allylic oxidation sites excluding steroid dienone is 1. The lowest BCUT2D eigenvalue weighted by atomic mass is 9.62. The summed E-state index contributed by atoms with van der Waals surface area (Å²) in [6.45, 7) is 16.1. The quantitative estimate of drug-likeness (QED) is 0.388. The molecule has 0 spiro atoms. The molecule has 0 aliphatic heterocycles. The minimum atomic E-state index is -1.48. The maximum atomic E-state index is 6.98. The van der Waals surface area contributed by atoms with E-state index in [1.54, 1.807) is 0 Å². The van der Waals surface area contributed by atoms with Crippen LogP contribution in [0.25, 0.3) is 0 Å². The first-order chi connectivity index (χ1) is 10.5. The van der Waals surface area contributed by atoms with Crippen molar-refractivity contribution in [3.05, 3.63) is 12.7 Å². The van der Waals surface area contributed by atoms with E-state index in [9.17, 15) is 0 Å². The molecular formula is C20H38OSi. The van der Waals surface area contributed by atoms with Crippen LogP contribution in [0, 0.1) is 23.2 Å². The molecule has 2 saturated carbocycles. The fourth-order valence-electron chi connectivity index (χ4n) is 5.65. The van der Waals surface area contributed by atoms with E-state index in [-0.39, 0.29) is 0 Å². The average molecular weight is 323 g/mol. The SMILES string of the molecule is C=C[C@@H](C)[C@H]1CC[C@H]2[C@@H](O[Si](CC)(CC)CC)CCC[C@]12C. The van der Waals surface area contributed by atoms with Gasteiger partial charge in [-0.05, 0) is 67.0 Å². The van der Waals surface area contributed by atoms with Crippen LogP contribution in [0.1, 0.15) is 66.7 Å². The minimum absolute atomic E-state index is 0.492. The third kappa shape index (κ3) is 3.10. The summed E-state index contributed by atoms with van der Waals surface area (Å²) in [5, 5.41) is 0. The lowest BCUT2D eigenvalue weighted by Crippen LogP contribution is -2.48. The molecule has 0 aromatic rings. The van der Waals surface area contributed by atoms with Crippen molar-refractivity contribution < 1.29 is 4.43 Å². The molecule has 0 aromatic carbocycles. The lowest BCUT2D eigenvalue weighted by molar-refractivity contribution is -0.0152. The molecule has 2 aliphatic carbocycles. The molecule has 0 unspecified atom stereocenters. The molecule has 0 aromatic heterocycles. The molecule has 0 radical (unpaired) electrons. The second-order valence-electron chi connectivity index (χ2n) is 8.18. The first-order valence-corrected chi connectivity index (χ1v) is 12.3. The van der Waals surface area contributed by atoms with Crippen molar-refractivity contribution in [2.45, 2.75) is 91.0 Å². The van der Waals surface area contributed by atoms with E-state index in [4.69, 9.17) is 4.43 Å². The van der Waals surface area contributed by atoms with Crippen molar-refractivity contribution in [1.82, 2.24) is 0 Å². The first kappa shape index (κ1) is 18.3. The number of hydrogen-bond acceptors (Lipinski definition) is 1. The summed E-state index contributed by atoms with van der Waals surface area (Å²) in [5.41, 5.74) is 0.492. The maximum Gasteiger partial charge on any atom is 0.192 e. The molecule has 0 N–H and O–H groups in total. The van der Waals surface area contributed by atoms with Crippen molar-refractivity contribution in [2.75, 3.05) is 0 Å². The Balaban J connectivity index is 2.17. The van der Waals surface area contributed by atoms with Gasteiger partial charge in [-0.15, -0.1) is 6.58 Å². The van der Waals surface area contributed by atoms with Gasteiger partial charge in [-0.1, -0.05) is 47.1 Å². The van der Waals surface area contributed by atoms with E-state index in [0.717, 1.165) is 11.8 Å². The highest BCUT2D eigenvalue weighted by molar-refractivity contribution is 6.73. The molecule has 2 aliphatic rings. The summed E-state index contributed by atoms with van der Waals surface area (Å²) >= 11 is 0. The fraction of sp³-hybridized carbons (Fsp3) is 0.900. The molecule has 2 rings (SSSR count). The van der Waals surface area contributed by atoms with Gasteiger partial charge in [-0.2, -0.15) is 0 Å². The number of fused-ring (bicyclic) bond motifs is 1. The van der Waals surface area contributed by atoms with Crippen molar-refractivity contribution in [1.29, 1.82) is 0 Å². The predicted molar refractivity (Wildman–Crippen MR) is 99.6 cm³/mol. The van der Waals surface area contributed by atoms with Crippen molar-refractivity contribution in [3.63, 3.8) is 0 Å². The summed E-state index contributed by atoms with van der Waals surface area (Å²) in [6, 6.07) is 3.85. The summed E-state index contributed by atoms with van der Waals surface area (Å²) in [4.78, 5) is 0. The van der Waals surface area contributed by atoms with Gasteiger partial charge < -0.3 is 4.43 Å². The lowest BCUT2D eigenvalue weighted by Gasteiger charge is -2.48. The van der Waals surface area contributed by atoms with Crippen LogP contribution < -0.4 is 0 Å². The Kier molecular flexibility index (Phi) is 5.99. The van der Waals surface area contributed by atoms with E-state index >= 15 is 0 Å². The van der Waals surface area contributed by atoms with Gasteiger partial charge in [0, 0.05) is 6.10 Å². The Morgan fingerprint density at radius 3 is 2.36 bits per heavy atom. The van der Waals surface area contributed by atoms with Gasteiger partial charge in [0.1, 0.15) is 0 Å². The largest absolute Gasteiger partial charge is 0.414 e. The van der Waals surface area contributed by atoms with E-state index in [1.807, 2.05) is 0 Å². The van der Waals surface area contributed by atoms with Crippen molar-refractivity contribution in [3.8, 4) is 0 Å². The van der Waals surface area contributed by atoms with E-state index in [0.29, 0.717) is 17.4 Å². The molecular weight excluding hydrogens is 284 g/mol. The number of hydrogen-bond donors (Lipinski definition) is 0. The Labute approximate surface area is 140 Å². The van der Waals surface area contributed by atoms with Gasteiger partial charge in [0.25, 0.3) is 0 Å². The van der Waals surface area contributed by atoms with Crippen molar-refractivity contribution in [2.24, 2.45) is 23.2 Å². The Hall–Kier alpha value is -0.0831. The van der Waals surface area contributed by atoms with E-state index in [1.165, 1.54) is 50.2 Å². The van der Waals surface area contributed by atoms with Crippen LogP contribution in [0.15, 0.2) is 12.7 Å². The van der Waals surface area contributed by atoms with Crippen LogP contribution in [0.2, 0.25) is 18.1 Å². The molecule has 0 bridgehead atoms. The second kappa shape index (κ2) is 7.21. The average Bonchev–Trinajstić information content (AvgIpc) is 2.90. The van der Waals surface area contributed by atoms with Crippen LogP contribution in [0.3, 0.4) is 0 Å². The molecule has 22 heavy (non-hydrogen) atoms. The smallest absolute Gasteiger partial charge is 0.192 e. The Morgan fingerprint density at radius 1 is 1.18 bits per heavy atom. The number of rotatable bonds is 7. The van der Waals surface area contributed by atoms with Crippen molar-refractivity contribution >= 4 is 8.32 Å². The summed E-state index contributed by atoms with van der Waals surface area (Å²) in [5.74, 6) is 2.27. The van der Waals surface area contributed by atoms with Crippen LogP contribution in [-0.4, -0.2) is 14.4 Å². The maximum absolute atomic E-state index is 6.98. The molecule has 1 nitrogen and oxygen atoms in total. The molecule has 2 heteroatoms. The van der Waals surface area contributed by atoms with Crippen LogP contribution in [0.4, 0.5) is 0 Å². The molecule has 0 heterocycles. The molecule has 0 saturated heterocycles. The highest BCUT2D eigenvalue weighted by Crippen LogP contribution is 2.58. The van der Waals surface area contributed by atoms with Gasteiger partial charge in [-0.25, -0.2) is 0 Å². The van der Waals surface area contributed by atoms with E-state index < -0.39 is 8.32 Å². The van der Waals surface area contributed by atoms with Gasteiger partial charge in [-0.3, -0.25) is 0 Å². The zero-order valence-corrected chi connectivity index (χ0v) is 16.7. The molecule has 128 valence electrons. The Bertz CT molecular complexity index is 368. The summed E-state index contributed by atoms with van der Waals surface area (Å²) in [6.07, 6.45) is 9.57. The zero-order chi connectivity index (χ0) is 16.4. The molecule has 5 atom stereocenters. The fourth-order valence-corrected chi connectivity index (χ4v) is 8.57. The topological polar surface area (TPSA) is 9.23 Å². The molecule has 2 fully saturated rings. The highest BCUT2D eigenvalue weighted by atomic mass is 28.4. The third-order valence-corrected chi connectivity index (χ3v) is 12.1. The Morgan fingerprint density at radius 2 is 1.82 bits per heavy atom. The standard InChI is InChI=1S/C20H38OSi/c1-7-16(5)17-13-14-18-19(12-11-15-20(17,18)6)21-22(8-2,9-3)10-4/h7,16-19H,1,8-15H2,2-6H3/t16-,17-,18+,19+,20-/m1/s1. The zero-order valence-electron chi connectivity index (χ0n) is 15.7.